The number of nitrogens with one attached hydrogen (secondary N) is 1. The summed E-state index contributed by atoms with van der Waals surface area (Å²) in [6, 6.07) is 0. The Labute approximate surface area is 174 Å². The first kappa shape index (κ1) is 22.4. The summed E-state index contributed by atoms with van der Waals surface area (Å²) >= 11 is 0. The van der Waals surface area contributed by atoms with E-state index in [9.17, 15) is 0 Å². The van der Waals surface area contributed by atoms with Gasteiger partial charge >= 0.3 is 0 Å². The Kier molecular flexibility index (Phi) is 8.19. The van der Waals surface area contributed by atoms with Gasteiger partial charge in [-0.25, -0.2) is 4.98 Å². The molecule has 0 bridgehead atoms. The van der Waals surface area contributed by atoms with E-state index in [1.54, 1.807) is 20.4 Å². The first-order valence-corrected chi connectivity index (χ1v) is 9.98. The lowest BCUT2D eigenvalue weighted by atomic mass is 10.0. The molecule has 1 saturated carbocycles. The highest BCUT2D eigenvalue weighted by molar-refractivity contribution is 6.14. The molecule has 6 heteroatoms. The van der Waals surface area contributed by atoms with Crippen molar-refractivity contribution in [1.29, 1.82) is 0 Å². The molecular weight excluding hydrogens is 362 g/mol. The number of methoxy groups -OCH3 is 1. The van der Waals surface area contributed by atoms with Gasteiger partial charge in [0, 0.05) is 24.9 Å². The minimum Gasteiger partial charge on any atom is -0.497 e. The zero-order chi connectivity index (χ0) is 21.4. The molecule has 156 valence electrons. The van der Waals surface area contributed by atoms with Crippen molar-refractivity contribution in [2.75, 3.05) is 19.5 Å². The fourth-order valence-electron chi connectivity index (χ4n) is 3.48. The van der Waals surface area contributed by atoms with Gasteiger partial charge in [0.15, 0.2) is 0 Å². The van der Waals surface area contributed by atoms with E-state index in [2.05, 4.69) is 21.9 Å². The van der Waals surface area contributed by atoms with E-state index in [1.807, 2.05) is 39.1 Å². The maximum absolute atomic E-state index is 6.20. The van der Waals surface area contributed by atoms with Gasteiger partial charge in [-0.1, -0.05) is 25.5 Å². The van der Waals surface area contributed by atoms with Crippen LogP contribution in [0.4, 0.5) is 5.82 Å². The van der Waals surface area contributed by atoms with Gasteiger partial charge in [-0.3, -0.25) is 9.98 Å². The molecule has 0 unspecified atom stereocenters. The van der Waals surface area contributed by atoms with E-state index < -0.39 is 0 Å². The molecule has 0 aliphatic heterocycles. The van der Waals surface area contributed by atoms with Gasteiger partial charge in [0.1, 0.15) is 11.6 Å². The number of aliphatic imine (C=N–C) groups is 1. The molecule has 0 radical (unpaired) electrons. The minimum atomic E-state index is 0.497. The summed E-state index contributed by atoms with van der Waals surface area (Å²) in [6.45, 7) is 9.65. The summed E-state index contributed by atoms with van der Waals surface area (Å²) in [5.74, 6) is 1.90. The summed E-state index contributed by atoms with van der Waals surface area (Å²) in [4.78, 5) is 13.6. The Bertz CT molecular complexity index is 854. The molecule has 2 rings (SSSR count). The number of allylic oxidation sites excluding steroid dienone is 5. The van der Waals surface area contributed by atoms with Crippen LogP contribution in [0.5, 0.6) is 0 Å². The Hall–Kier alpha value is -2.89. The first-order chi connectivity index (χ1) is 13.9. The van der Waals surface area contributed by atoms with Gasteiger partial charge in [-0.2, -0.15) is 0 Å². The van der Waals surface area contributed by atoms with Crippen molar-refractivity contribution in [1.82, 2.24) is 9.97 Å². The number of nitrogens with zero attached hydrogens (tertiary/aromatic N) is 3. The summed E-state index contributed by atoms with van der Waals surface area (Å²) in [6.07, 6.45) is 12.3. The number of rotatable bonds is 8. The number of nitrogens with two attached hydrogens (primary N) is 1. The first-order valence-electron chi connectivity index (χ1n) is 9.98. The van der Waals surface area contributed by atoms with Crippen LogP contribution in [-0.2, 0) is 4.74 Å². The molecule has 1 aliphatic carbocycles. The van der Waals surface area contributed by atoms with Gasteiger partial charge in [0.25, 0.3) is 0 Å². The lowest BCUT2D eigenvalue weighted by Gasteiger charge is -2.16. The average Bonchev–Trinajstić information content (AvgIpc) is 3.23. The van der Waals surface area contributed by atoms with Crippen LogP contribution in [0.15, 0.2) is 64.4 Å². The summed E-state index contributed by atoms with van der Waals surface area (Å²) in [7, 11) is 3.38. The molecular formula is C23H33N5O. The van der Waals surface area contributed by atoms with Crippen LogP contribution in [0.2, 0.25) is 0 Å². The van der Waals surface area contributed by atoms with Crippen molar-refractivity contribution in [2.45, 2.75) is 52.4 Å². The van der Waals surface area contributed by atoms with Crippen LogP contribution in [0.25, 0.3) is 0 Å². The molecule has 0 aromatic carbocycles. The average molecular weight is 396 g/mol. The zero-order valence-electron chi connectivity index (χ0n) is 18.2. The zero-order valence-corrected chi connectivity index (χ0v) is 18.2. The number of aromatic nitrogens is 2. The Morgan fingerprint density at radius 1 is 1.24 bits per heavy atom. The van der Waals surface area contributed by atoms with Gasteiger partial charge in [0.2, 0.25) is 0 Å². The SMILES string of the molecule is C=C(C)/C(=C\C=C(/C)C(=NC)/C(Nc1cncc(C2CCCC2)n1)=C(/C)N)OC. The summed E-state index contributed by atoms with van der Waals surface area (Å²) < 4.78 is 5.35. The second-order valence-corrected chi connectivity index (χ2v) is 7.43. The van der Waals surface area contributed by atoms with E-state index in [0.717, 1.165) is 34.0 Å². The van der Waals surface area contributed by atoms with E-state index in [4.69, 9.17) is 15.5 Å². The number of hydrogen-bond donors (Lipinski definition) is 2. The molecule has 1 aliphatic rings. The standard InChI is InChI=1S/C23H33N5O/c1-15(2)20(29-6)12-11-16(3)22(25-5)23(17(4)24)28-21-14-26-13-19(27-21)18-9-7-8-10-18/h11-14,18H,1,7-10,24H2,2-6H3,(H,27,28)/b16-11+,20-12+,23-17+,25-22?. The van der Waals surface area contributed by atoms with Crippen LogP contribution in [0.3, 0.4) is 0 Å². The fourth-order valence-corrected chi connectivity index (χ4v) is 3.48. The molecule has 0 saturated heterocycles. The maximum atomic E-state index is 6.20. The van der Waals surface area contributed by atoms with Gasteiger partial charge < -0.3 is 15.8 Å². The highest BCUT2D eigenvalue weighted by Crippen LogP contribution is 2.33. The summed E-state index contributed by atoms with van der Waals surface area (Å²) in [5.41, 5.74) is 11.1. The smallest absolute Gasteiger partial charge is 0.149 e. The lowest BCUT2D eigenvalue weighted by molar-refractivity contribution is 0.301. The Morgan fingerprint density at radius 2 is 1.93 bits per heavy atom. The maximum Gasteiger partial charge on any atom is 0.149 e. The number of hydrogen-bond acceptors (Lipinski definition) is 6. The third-order valence-electron chi connectivity index (χ3n) is 5.03. The van der Waals surface area contributed by atoms with E-state index in [0.29, 0.717) is 17.4 Å². The van der Waals surface area contributed by atoms with Crippen LogP contribution >= 0.6 is 0 Å². The van der Waals surface area contributed by atoms with Crippen LogP contribution in [0.1, 0.15) is 58.1 Å². The minimum absolute atomic E-state index is 0.497. The topological polar surface area (TPSA) is 85.4 Å². The quantitative estimate of drug-likeness (QED) is 0.373. The van der Waals surface area contributed by atoms with E-state index in [1.165, 1.54) is 25.7 Å². The highest BCUT2D eigenvalue weighted by Gasteiger charge is 2.19. The Balaban J connectivity index is 2.29. The third kappa shape index (κ3) is 6.04. The van der Waals surface area contributed by atoms with Crippen molar-refractivity contribution < 1.29 is 4.74 Å². The molecule has 1 fully saturated rings. The lowest BCUT2D eigenvalue weighted by Crippen LogP contribution is -2.19. The largest absolute Gasteiger partial charge is 0.497 e. The van der Waals surface area contributed by atoms with Crippen LogP contribution in [-0.4, -0.2) is 29.8 Å². The molecule has 1 heterocycles. The van der Waals surface area contributed by atoms with Crippen molar-refractivity contribution in [3.05, 3.63) is 65.1 Å². The predicted octanol–water partition coefficient (Wildman–Crippen LogP) is 4.86. The normalized spacial score (nSPS) is 17.2. The number of ether oxygens (including phenoxy) is 1. The molecule has 0 atom stereocenters. The molecule has 6 nitrogen and oxygen atoms in total. The van der Waals surface area contributed by atoms with Crippen molar-refractivity contribution in [3.8, 4) is 0 Å². The number of anilines is 1. The highest BCUT2D eigenvalue weighted by atomic mass is 16.5. The third-order valence-corrected chi connectivity index (χ3v) is 5.03. The monoisotopic (exact) mass is 395 g/mol. The van der Waals surface area contributed by atoms with Crippen molar-refractivity contribution in [2.24, 2.45) is 10.7 Å². The summed E-state index contributed by atoms with van der Waals surface area (Å²) in [5, 5.41) is 3.34. The molecule has 1 aromatic heterocycles. The molecule has 0 spiro atoms. The fraction of sp³-hybridized carbons (Fsp3) is 0.435. The molecule has 3 N–H and O–H groups in total. The van der Waals surface area contributed by atoms with Crippen LogP contribution in [0, 0.1) is 0 Å². The van der Waals surface area contributed by atoms with Crippen molar-refractivity contribution in [3.63, 3.8) is 0 Å². The van der Waals surface area contributed by atoms with Crippen molar-refractivity contribution >= 4 is 11.5 Å². The van der Waals surface area contributed by atoms with Gasteiger partial charge in [-0.05, 0) is 50.8 Å². The second kappa shape index (κ2) is 10.6. The second-order valence-electron chi connectivity index (χ2n) is 7.43. The Morgan fingerprint density at radius 3 is 2.48 bits per heavy atom. The van der Waals surface area contributed by atoms with E-state index in [-0.39, 0.29) is 0 Å². The van der Waals surface area contributed by atoms with E-state index >= 15 is 0 Å². The molecule has 29 heavy (non-hydrogen) atoms. The van der Waals surface area contributed by atoms with Crippen LogP contribution < -0.4 is 11.1 Å². The molecule has 1 aromatic rings. The predicted molar refractivity (Wildman–Crippen MR) is 121 cm³/mol. The van der Waals surface area contributed by atoms with Gasteiger partial charge in [-0.15, -0.1) is 0 Å². The molecule has 0 amide bonds. The van der Waals surface area contributed by atoms with Gasteiger partial charge in [0.05, 0.1) is 30.4 Å².